The van der Waals surface area contributed by atoms with Gasteiger partial charge in [-0.15, -0.1) is 0 Å². The first-order chi connectivity index (χ1) is 12.7. The van der Waals surface area contributed by atoms with E-state index in [1.807, 2.05) is 35.2 Å². The van der Waals surface area contributed by atoms with Gasteiger partial charge >= 0.3 is 12.0 Å². The molecule has 0 saturated carbocycles. The number of urea groups is 1. The van der Waals surface area contributed by atoms with Crippen molar-refractivity contribution < 1.29 is 14.3 Å². The number of aromatic nitrogens is 1. The van der Waals surface area contributed by atoms with E-state index in [2.05, 4.69) is 4.98 Å². The molecule has 6 heteroatoms. The van der Waals surface area contributed by atoms with Gasteiger partial charge in [-0.05, 0) is 49.1 Å². The van der Waals surface area contributed by atoms with E-state index in [1.54, 1.807) is 23.2 Å². The van der Waals surface area contributed by atoms with E-state index in [4.69, 9.17) is 4.74 Å². The molecule has 1 aliphatic rings. The van der Waals surface area contributed by atoms with Crippen molar-refractivity contribution in [2.75, 3.05) is 25.1 Å². The Bertz CT molecular complexity index is 741. The second kappa shape index (κ2) is 8.47. The molecule has 0 unspecified atom stereocenters. The van der Waals surface area contributed by atoms with Crippen molar-refractivity contribution in [1.82, 2.24) is 9.88 Å². The zero-order valence-electron chi connectivity index (χ0n) is 14.9. The molecule has 0 bridgehead atoms. The summed E-state index contributed by atoms with van der Waals surface area (Å²) < 4.78 is 4.72. The lowest BCUT2D eigenvalue weighted by Gasteiger charge is -2.32. The zero-order valence-corrected chi connectivity index (χ0v) is 14.9. The van der Waals surface area contributed by atoms with Gasteiger partial charge in [-0.2, -0.15) is 0 Å². The molecule has 2 aromatic rings. The van der Waals surface area contributed by atoms with Gasteiger partial charge in [0.15, 0.2) is 0 Å². The second-order valence-electron chi connectivity index (χ2n) is 6.29. The Labute approximate surface area is 153 Å². The highest BCUT2D eigenvalue weighted by atomic mass is 16.5. The van der Waals surface area contributed by atoms with Crippen LogP contribution in [-0.2, 0) is 11.3 Å². The van der Waals surface area contributed by atoms with Crippen molar-refractivity contribution in [1.29, 1.82) is 0 Å². The fourth-order valence-electron chi connectivity index (χ4n) is 3.06. The van der Waals surface area contributed by atoms with Crippen molar-refractivity contribution in [3.63, 3.8) is 0 Å². The third-order valence-corrected chi connectivity index (χ3v) is 4.50. The van der Waals surface area contributed by atoms with Crippen molar-refractivity contribution >= 4 is 17.8 Å². The molecule has 1 saturated heterocycles. The van der Waals surface area contributed by atoms with E-state index < -0.39 is 0 Å². The third kappa shape index (κ3) is 4.20. The van der Waals surface area contributed by atoms with Gasteiger partial charge in [0, 0.05) is 19.3 Å². The summed E-state index contributed by atoms with van der Waals surface area (Å²) in [5.74, 6) is 0.252. The van der Waals surface area contributed by atoms with E-state index in [0.717, 1.165) is 31.5 Å². The minimum Gasteiger partial charge on any atom is -0.465 e. The Balaban J connectivity index is 1.81. The summed E-state index contributed by atoms with van der Waals surface area (Å²) in [7, 11) is 1.36. The summed E-state index contributed by atoms with van der Waals surface area (Å²) in [4.78, 5) is 32.6. The molecule has 0 N–H and O–H groups in total. The van der Waals surface area contributed by atoms with E-state index >= 15 is 0 Å². The topological polar surface area (TPSA) is 62.7 Å². The highest BCUT2D eigenvalue weighted by Gasteiger charge is 2.24. The first-order valence-electron chi connectivity index (χ1n) is 8.84. The minimum atomic E-state index is -0.373. The fraction of sp³-hybridized carbons (Fsp3) is 0.350. The Kier molecular flexibility index (Phi) is 5.84. The maximum atomic E-state index is 13.1. The molecular weight excluding hydrogens is 330 g/mol. The molecule has 0 aliphatic carbocycles. The first-order valence-corrected chi connectivity index (χ1v) is 8.84. The molecular formula is C20H23N3O3. The van der Waals surface area contributed by atoms with Gasteiger partial charge in [-0.3, -0.25) is 4.90 Å². The van der Waals surface area contributed by atoms with Crippen LogP contribution in [0.4, 0.5) is 10.6 Å². The van der Waals surface area contributed by atoms with Crippen molar-refractivity contribution in [3.8, 4) is 0 Å². The molecule has 0 atom stereocenters. The minimum absolute atomic E-state index is 0.0274. The highest BCUT2D eigenvalue weighted by molar-refractivity contribution is 5.91. The highest BCUT2D eigenvalue weighted by Crippen LogP contribution is 2.19. The number of hydrogen-bond donors (Lipinski definition) is 0. The van der Waals surface area contributed by atoms with Crippen LogP contribution >= 0.6 is 0 Å². The van der Waals surface area contributed by atoms with Crippen LogP contribution in [0.5, 0.6) is 0 Å². The molecule has 0 spiro atoms. The van der Waals surface area contributed by atoms with E-state index in [0.29, 0.717) is 17.9 Å². The Morgan fingerprint density at radius 3 is 2.42 bits per heavy atom. The van der Waals surface area contributed by atoms with Crippen LogP contribution in [0.15, 0.2) is 48.7 Å². The zero-order chi connectivity index (χ0) is 18.4. The lowest BCUT2D eigenvalue weighted by molar-refractivity contribution is 0.0600. The van der Waals surface area contributed by atoms with Gasteiger partial charge < -0.3 is 9.64 Å². The number of nitrogens with zero attached hydrogens (tertiary/aromatic N) is 3. The van der Waals surface area contributed by atoms with E-state index in [1.165, 1.54) is 13.5 Å². The monoisotopic (exact) mass is 353 g/mol. The SMILES string of the molecule is COC(=O)c1ccc(CN(C(=O)N2CCCCC2)c2ccccn2)cc1. The van der Waals surface area contributed by atoms with E-state index in [9.17, 15) is 9.59 Å². The number of methoxy groups -OCH3 is 1. The number of pyridine rings is 1. The van der Waals surface area contributed by atoms with Gasteiger partial charge in [0.1, 0.15) is 5.82 Å². The molecule has 1 aromatic carbocycles. The lowest BCUT2D eigenvalue weighted by atomic mass is 10.1. The number of likely N-dealkylation sites (tertiary alicyclic amines) is 1. The Morgan fingerprint density at radius 2 is 1.81 bits per heavy atom. The van der Waals surface area contributed by atoms with Crippen LogP contribution in [0.3, 0.4) is 0 Å². The predicted octanol–water partition coefficient (Wildman–Crippen LogP) is 3.48. The molecule has 1 aromatic heterocycles. The average Bonchev–Trinajstić information content (AvgIpc) is 2.72. The van der Waals surface area contributed by atoms with Gasteiger partial charge in [-0.1, -0.05) is 18.2 Å². The summed E-state index contributed by atoms with van der Waals surface area (Å²) >= 11 is 0. The maximum absolute atomic E-state index is 13.1. The smallest absolute Gasteiger partial charge is 0.337 e. The number of piperidine rings is 1. The quantitative estimate of drug-likeness (QED) is 0.790. The maximum Gasteiger partial charge on any atom is 0.337 e. The Morgan fingerprint density at radius 1 is 1.08 bits per heavy atom. The number of hydrogen-bond acceptors (Lipinski definition) is 4. The number of anilines is 1. The van der Waals surface area contributed by atoms with Crippen LogP contribution in [0.25, 0.3) is 0 Å². The molecule has 1 fully saturated rings. The van der Waals surface area contributed by atoms with Crippen molar-refractivity contribution in [2.24, 2.45) is 0 Å². The van der Waals surface area contributed by atoms with Crippen molar-refractivity contribution in [2.45, 2.75) is 25.8 Å². The number of rotatable bonds is 4. The molecule has 1 aliphatic heterocycles. The molecule has 2 amide bonds. The van der Waals surface area contributed by atoms with Gasteiger partial charge in [-0.25, -0.2) is 14.6 Å². The number of benzene rings is 1. The van der Waals surface area contributed by atoms with Gasteiger partial charge in [0.05, 0.1) is 19.2 Å². The van der Waals surface area contributed by atoms with Crippen LogP contribution in [-0.4, -0.2) is 42.1 Å². The number of esters is 1. The first kappa shape index (κ1) is 17.9. The molecule has 136 valence electrons. The van der Waals surface area contributed by atoms with Crippen molar-refractivity contribution in [3.05, 3.63) is 59.8 Å². The number of carbonyl (C=O) groups excluding carboxylic acids is 2. The summed E-state index contributed by atoms with van der Waals surface area (Å²) in [5, 5.41) is 0. The number of amides is 2. The van der Waals surface area contributed by atoms with Crippen LogP contribution in [0.1, 0.15) is 35.2 Å². The third-order valence-electron chi connectivity index (χ3n) is 4.50. The summed E-state index contributed by atoms with van der Waals surface area (Å²) in [6, 6.07) is 12.6. The van der Waals surface area contributed by atoms with Gasteiger partial charge in [0.2, 0.25) is 0 Å². The second-order valence-corrected chi connectivity index (χ2v) is 6.29. The predicted molar refractivity (Wildman–Crippen MR) is 99.0 cm³/mol. The largest absolute Gasteiger partial charge is 0.465 e. The molecule has 3 rings (SSSR count). The molecule has 26 heavy (non-hydrogen) atoms. The summed E-state index contributed by atoms with van der Waals surface area (Å²) in [5.41, 5.74) is 1.41. The van der Waals surface area contributed by atoms with Crippen LogP contribution in [0.2, 0.25) is 0 Å². The van der Waals surface area contributed by atoms with Gasteiger partial charge in [0.25, 0.3) is 0 Å². The number of carbonyl (C=O) groups is 2. The van der Waals surface area contributed by atoms with Crippen LogP contribution < -0.4 is 4.90 Å². The molecule has 0 radical (unpaired) electrons. The number of ether oxygens (including phenoxy) is 1. The molecule has 6 nitrogen and oxygen atoms in total. The normalized spacial score (nSPS) is 14.0. The molecule has 2 heterocycles. The van der Waals surface area contributed by atoms with E-state index in [-0.39, 0.29) is 12.0 Å². The Hall–Kier alpha value is -2.89. The van der Waals surface area contributed by atoms with Crippen LogP contribution in [0, 0.1) is 0 Å². The summed E-state index contributed by atoms with van der Waals surface area (Å²) in [6.07, 6.45) is 4.93. The average molecular weight is 353 g/mol. The summed E-state index contributed by atoms with van der Waals surface area (Å²) in [6.45, 7) is 1.96. The standard InChI is InChI=1S/C20H23N3O3/c1-26-19(24)17-10-8-16(9-11-17)15-23(18-7-3-4-12-21-18)20(25)22-13-5-2-6-14-22/h3-4,7-12H,2,5-6,13-15H2,1H3. The lowest BCUT2D eigenvalue weighted by Crippen LogP contribution is -2.45. The fourth-order valence-corrected chi connectivity index (χ4v) is 3.06.